The standard InChI is InChI=1S/C9H17Br/c1-7(2)5-8-3-4-9(10)6-8/h7-9H,3-6H2,1-2H3. The van der Waals surface area contributed by atoms with Crippen LogP contribution >= 0.6 is 15.9 Å². The Bertz CT molecular complexity index is 98.9. The van der Waals surface area contributed by atoms with Crippen molar-refractivity contribution in [2.75, 3.05) is 0 Å². The number of rotatable bonds is 2. The van der Waals surface area contributed by atoms with Crippen LogP contribution in [0.25, 0.3) is 0 Å². The molecule has 1 rings (SSSR count). The van der Waals surface area contributed by atoms with Gasteiger partial charge in [-0.3, -0.25) is 0 Å². The van der Waals surface area contributed by atoms with Crippen molar-refractivity contribution in [3.8, 4) is 0 Å². The third-order valence-electron chi connectivity index (χ3n) is 2.28. The van der Waals surface area contributed by atoms with Crippen molar-refractivity contribution in [1.29, 1.82) is 0 Å². The monoisotopic (exact) mass is 204 g/mol. The summed E-state index contributed by atoms with van der Waals surface area (Å²) in [6.45, 7) is 4.64. The average molecular weight is 205 g/mol. The normalized spacial score (nSPS) is 33.6. The molecule has 10 heavy (non-hydrogen) atoms. The highest BCUT2D eigenvalue weighted by molar-refractivity contribution is 9.09. The molecule has 0 aromatic heterocycles. The van der Waals surface area contributed by atoms with Gasteiger partial charge < -0.3 is 0 Å². The van der Waals surface area contributed by atoms with Crippen molar-refractivity contribution in [3.63, 3.8) is 0 Å². The van der Waals surface area contributed by atoms with Crippen LogP contribution in [0.5, 0.6) is 0 Å². The van der Waals surface area contributed by atoms with Gasteiger partial charge in [-0.05, 0) is 37.5 Å². The van der Waals surface area contributed by atoms with Gasteiger partial charge in [-0.2, -0.15) is 0 Å². The molecular formula is C9H17Br. The summed E-state index contributed by atoms with van der Waals surface area (Å²) in [6.07, 6.45) is 5.70. The van der Waals surface area contributed by atoms with Gasteiger partial charge in [-0.25, -0.2) is 0 Å². The van der Waals surface area contributed by atoms with Crippen molar-refractivity contribution in [3.05, 3.63) is 0 Å². The number of hydrogen-bond donors (Lipinski definition) is 0. The first kappa shape index (κ1) is 8.58. The van der Waals surface area contributed by atoms with Crippen LogP contribution in [-0.4, -0.2) is 4.83 Å². The predicted octanol–water partition coefficient (Wildman–Crippen LogP) is 3.60. The summed E-state index contributed by atoms with van der Waals surface area (Å²) >= 11 is 3.67. The second kappa shape index (κ2) is 3.75. The third-order valence-corrected chi connectivity index (χ3v) is 3.11. The van der Waals surface area contributed by atoms with E-state index in [-0.39, 0.29) is 0 Å². The van der Waals surface area contributed by atoms with Crippen molar-refractivity contribution in [2.45, 2.75) is 44.4 Å². The Kier molecular flexibility index (Phi) is 3.22. The lowest BCUT2D eigenvalue weighted by Crippen LogP contribution is -1.99. The number of halogens is 1. The lowest BCUT2D eigenvalue weighted by Gasteiger charge is -2.10. The number of alkyl halides is 1. The molecule has 1 heteroatoms. The molecule has 1 aliphatic rings. The molecule has 0 saturated heterocycles. The van der Waals surface area contributed by atoms with E-state index in [9.17, 15) is 0 Å². The maximum absolute atomic E-state index is 3.67. The lowest BCUT2D eigenvalue weighted by molar-refractivity contribution is 0.420. The summed E-state index contributed by atoms with van der Waals surface area (Å²) in [4.78, 5) is 0.830. The minimum atomic E-state index is 0.830. The van der Waals surface area contributed by atoms with Gasteiger partial charge in [0.2, 0.25) is 0 Å². The fourth-order valence-electron chi connectivity index (χ4n) is 1.89. The minimum absolute atomic E-state index is 0.830. The van der Waals surface area contributed by atoms with Gasteiger partial charge in [0.15, 0.2) is 0 Å². The van der Waals surface area contributed by atoms with Gasteiger partial charge >= 0.3 is 0 Å². The molecule has 60 valence electrons. The maximum atomic E-state index is 3.67. The summed E-state index contributed by atoms with van der Waals surface area (Å²) in [6, 6.07) is 0. The van der Waals surface area contributed by atoms with Crippen LogP contribution < -0.4 is 0 Å². The van der Waals surface area contributed by atoms with E-state index in [1.807, 2.05) is 0 Å². The summed E-state index contributed by atoms with van der Waals surface area (Å²) in [5.41, 5.74) is 0. The Balaban J connectivity index is 2.18. The second-order valence-corrected chi connectivity index (χ2v) is 5.20. The van der Waals surface area contributed by atoms with Crippen molar-refractivity contribution >= 4 is 15.9 Å². The Morgan fingerprint density at radius 2 is 2.10 bits per heavy atom. The molecule has 0 radical (unpaired) electrons. The molecule has 2 atom stereocenters. The molecule has 0 aromatic carbocycles. The molecule has 1 fully saturated rings. The van der Waals surface area contributed by atoms with Crippen LogP contribution in [-0.2, 0) is 0 Å². The fraction of sp³-hybridized carbons (Fsp3) is 1.00. The molecule has 0 spiro atoms. The Morgan fingerprint density at radius 1 is 1.40 bits per heavy atom. The quantitative estimate of drug-likeness (QED) is 0.604. The SMILES string of the molecule is CC(C)CC1CCC(Br)C1. The van der Waals surface area contributed by atoms with Crippen LogP contribution in [0.3, 0.4) is 0 Å². The molecular weight excluding hydrogens is 188 g/mol. The topological polar surface area (TPSA) is 0 Å². The minimum Gasteiger partial charge on any atom is -0.0891 e. The Labute approximate surface area is 72.5 Å². The predicted molar refractivity (Wildman–Crippen MR) is 49.5 cm³/mol. The van der Waals surface area contributed by atoms with E-state index < -0.39 is 0 Å². The zero-order chi connectivity index (χ0) is 7.56. The molecule has 0 bridgehead atoms. The smallest absolute Gasteiger partial charge is 0.0148 e. The van der Waals surface area contributed by atoms with Crippen LogP contribution in [0.1, 0.15) is 39.5 Å². The summed E-state index contributed by atoms with van der Waals surface area (Å²) in [5, 5.41) is 0. The Hall–Kier alpha value is 0.480. The van der Waals surface area contributed by atoms with Gasteiger partial charge in [0.05, 0.1) is 0 Å². The highest BCUT2D eigenvalue weighted by Crippen LogP contribution is 2.34. The van der Waals surface area contributed by atoms with E-state index in [2.05, 4.69) is 29.8 Å². The summed E-state index contributed by atoms with van der Waals surface area (Å²) < 4.78 is 0. The van der Waals surface area contributed by atoms with Gasteiger partial charge in [-0.15, -0.1) is 0 Å². The highest BCUT2D eigenvalue weighted by Gasteiger charge is 2.22. The van der Waals surface area contributed by atoms with E-state index in [1.54, 1.807) is 0 Å². The first-order valence-electron chi connectivity index (χ1n) is 4.32. The molecule has 0 aromatic rings. The Morgan fingerprint density at radius 3 is 2.50 bits per heavy atom. The molecule has 1 saturated carbocycles. The molecule has 0 aliphatic heterocycles. The van der Waals surface area contributed by atoms with E-state index >= 15 is 0 Å². The van der Waals surface area contributed by atoms with Gasteiger partial charge in [-0.1, -0.05) is 29.8 Å². The lowest BCUT2D eigenvalue weighted by atomic mass is 9.96. The zero-order valence-electron chi connectivity index (χ0n) is 6.94. The van der Waals surface area contributed by atoms with Crippen molar-refractivity contribution in [2.24, 2.45) is 11.8 Å². The second-order valence-electron chi connectivity index (χ2n) is 3.91. The fourth-order valence-corrected chi connectivity index (χ4v) is 2.69. The molecule has 2 unspecified atom stereocenters. The largest absolute Gasteiger partial charge is 0.0891 e. The first-order valence-corrected chi connectivity index (χ1v) is 5.24. The van der Waals surface area contributed by atoms with E-state index in [1.165, 1.54) is 25.7 Å². The maximum Gasteiger partial charge on any atom is 0.0148 e. The van der Waals surface area contributed by atoms with Crippen LogP contribution in [0.4, 0.5) is 0 Å². The number of hydrogen-bond acceptors (Lipinski definition) is 0. The first-order chi connectivity index (χ1) is 4.68. The van der Waals surface area contributed by atoms with Crippen molar-refractivity contribution in [1.82, 2.24) is 0 Å². The van der Waals surface area contributed by atoms with Crippen molar-refractivity contribution < 1.29 is 0 Å². The molecule has 0 heterocycles. The zero-order valence-corrected chi connectivity index (χ0v) is 8.52. The average Bonchev–Trinajstić information content (AvgIpc) is 2.13. The van der Waals surface area contributed by atoms with Gasteiger partial charge in [0.1, 0.15) is 0 Å². The summed E-state index contributed by atoms with van der Waals surface area (Å²) in [7, 11) is 0. The van der Waals surface area contributed by atoms with Crippen LogP contribution in [0.2, 0.25) is 0 Å². The van der Waals surface area contributed by atoms with E-state index in [4.69, 9.17) is 0 Å². The molecule has 0 nitrogen and oxygen atoms in total. The van der Waals surface area contributed by atoms with E-state index in [0.717, 1.165) is 16.7 Å². The molecule has 0 N–H and O–H groups in total. The molecule has 1 aliphatic carbocycles. The summed E-state index contributed by atoms with van der Waals surface area (Å²) in [5.74, 6) is 1.91. The van der Waals surface area contributed by atoms with Gasteiger partial charge in [0.25, 0.3) is 0 Å². The van der Waals surface area contributed by atoms with Crippen LogP contribution in [0, 0.1) is 11.8 Å². The van der Waals surface area contributed by atoms with Crippen LogP contribution in [0.15, 0.2) is 0 Å². The third kappa shape index (κ3) is 2.61. The highest BCUT2D eigenvalue weighted by atomic mass is 79.9. The molecule has 0 amide bonds. The van der Waals surface area contributed by atoms with Gasteiger partial charge in [0, 0.05) is 4.83 Å². The van der Waals surface area contributed by atoms with E-state index in [0.29, 0.717) is 0 Å².